The molecular weight excluding hydrogens is 433 g/mol. The van der Waals surface area contributed by atoms with Crippen molar-refractivity contribution in [2.75, 3.05) is 13.7 Å². The number of ether oxygens (including phenoxy) is 1. The van der Waals surface area contributed by atoms with Gasteiger partial charge in [-0.15, -0.1) is 24.0 Å². The van der Waals surface area contributed by atoms with Crippen molar-refractivity contribution in [3.63, 3.8) is 0 Å². The summed E-state index contributed by atoms with van der Waals surface area (Å²) >= 11 is 0. The van der Waals surface area contributed by atoms with Gasteiger partial charge >= 0.3 is 0 Å². The van der Waals surface area contributed by atoms with Crippen molar-refractivity contribution in [1.29, 1.82) is 0 Å². The second-order valence-corrected chi connectivity index (χ2v) is 5.84. The molecule has 0 aromatic carbocycles. The second kappa shape index (κ2) is 9.54. The van der Waals surface area contributed by atoms with Crippen LogP contribution in [0.25, 0.3) is 0 Å². The number of halogens is 1. The van der Waals surface area contributed by atoms with Crippen LogP contribution in [0.3, 0.4) is 0 Å². The number of aliphatic imine (C=N–C) groups is 1. The third-order valence-corrected chi connectivity index (χ3v) is 3.87. The van der Waals surface area contributed by atoms with Crippen LogP contribution in [0.5, 0.6) is 5.88 Å². The van der Waals surface area contributed by atoms with Gasteiger partial charge in [-0.05, 0) is 30.4 Å². The molecule has 0 unspecified atom stereocenters. The Labute approximate surface area is 164 Å². The zero-order chi connectivity index (χ0) is 16.8. The summed E-state index contributed by atoms with van der Waals surface area (Å²) < 4.78 is 7.44. The van der Waals surface area contributed by atoms with Crippen molar-refractivity contribution < 1.29 is 4.74 Å². The summed E-state index contributed by atoms with van der Waals surface area (Å²) in [5, 5.41) is 10.5. The SMILES string of the molecule is CN=C(NCc1ccnc(OCC2CC2)c1)NCc1ncnn1C.I. The van der Waals surface area contributed by atoms with Crippen molar-refractivity contribution in [2.24, 2.45) is 18.0 Å². The van der Waals surface area contributed by atoms with Gasteiger partial charge in [0, 0.05) is 32.9 Å². The van der Waals surface area contributed by atoms with Crippen LogP contribution in [0, 0.1) is 5.92 Å². The maximum absolute atomic E-state index is 5.71. The Hall–Kier alpha value is -1.91. The molecule has 0 saturated heterocycles. The zero-order valence-corrected chi connectivity index (χ0v) is 16.8. The summed E-state index contributed by atoms with van der Waals surface area (Å²) in [4.78, 5) is 12.6. The van der Waals surface area contributed by atoms with Crippen LogP contribution >= 0.6 is 24.0 Å². The molecule has 8 nitrogen and oxygen atoms in total. The standard InChI is InChI=1S/C16H23N7O.HI/c1-17-16(20-9-14-21-11-22-23(14)2)19-8-13-5-6-18-15(7-13)24-10-12-3-4-12;/h5-7,11-12H,3-4,8-10H2,1-2H3,(H2,17,19,20);1H. The number of hydrogen-bond donors (Lipinski definition) is 2. The van der Waals surface area contributed by atoms with Gasteiger partial charge in [-0.2, -0.15) is 5.10 Å². The van der Waals surface area contributed by atoms with Crippen LogP contribution in [0.2, 0.25) is 0 Å². The van der Waals surface area contributed by atoms with Gasteiger partial charge in [-0.1, -0.05) is 0 Å². The third kappa shape index (κ3) is 6.15. The van der Waals surface area contributed by atoms with Crippen molar-refractivity contribution >= 4 is 29.9 Å². The van der Waals surface area contributed by atoms with Crippen molar-refractivity contribution in [3.05, 3.63) is 36.0 Å². The first-order valence-corrected chi connectivity index (χ1v) is 8.09. The Morgan fingerprint density at radius 1 is 1.32 bits per heavy atom. The molecule has 2 heterocycles. The molecule has 1 fully saturated rings. The van der Waals surface area contributed by atoms with E-state index in [0.29, 0.717) is 24.9 Å². The Morgan fingerprint density at radius 2 is 2.12 bits per heavy atom. The lowest BCUT2D eigenvalue weighted by atomic mass is 10.2. The minimum Gasteiger partial charge on any atom is -0.477 e. The number of guanidine groups is 1. The van der Waals surface area contributed by atoms with Crippen LogP contribution in [0.1, 0.15) is 24.2 Å². The zero-order valence-electron chi connectivity index (χ0n) is 14.5. The predicted octanol–water partition coefficient (Wildman–Crippen LogP) is 1.48. The second-order valence-electron chi connectivity index (χ2n) is 5.84. The van der Waals surface area contributed by atoms with E-state index in [4.69, 9.17) is 4.74 Å². The summed E-state index contributed by atoms with van der Waals surface area (Å²) in [6, 6.07) is 3.93. The predicted molar refractivity (Wildman–Crippen MR) is 106 cm³/mol. The fraction of sp³-hybridized carbons (Fsp3) is 0.500. The molecule has 136 valence electrons. The first-order chi connectivity index (χ1) is 11.7. The van der Waals surface area contributed by atoms with Gasteiger partial charge in [0.25, 0.3) is 0 Å². The van der Waals surface area contributed by atoms with E-state index < -0.39 is 0 Å². The number of aryl methyl sites for hydroxylation is 1. The molecule has 1 aliphatic rings. The number of pyridine rings is 1. The highest BCUT2D eigenvalue weighted by Gasteiger charge is 2.22. The summed E-state index contributed by atoms with van der Waals surface area (Å²) in [5.74, 6) is 2.95. The molecule has 1 saturated carbocycles. The van der Waals surface area contributed by atoms with Gasteiger partial charge in [-0.3, -0.25) is 9.67 Å². The van der Waals surface area contributed by atoms with E-state index in [2.05, 4.69) is 30.7 Å². The highest BCUT2D eigenvalue weighted by Crippen LogP contribution is 2.29. The van der Waals surface area contributed by atoms with E-state index in [0.717, 1.165) is 23.9 Å². The molecular formula is C16H24IN7O. The van der Waals surface area contributed by atoms with Crippen molar-refractivity contribution in [1.82, 2.24) is 30.4 Å². The topological polar surface area (TPSA) is 89.2 Å². The van der Waals surface area contributed by atoms with Gasteiger partial charge in [0.15, 0.2) is 5.96 Å². The van der Waals surface area contributed by atoms with Crippen LogP contribution in [-0.2, 0) is 20.1 Å². The minimum atomic E-state index is 0. The number of nitrogens with zero attached hydrogens (tertiary/aromatic N) is 5. The van der Waals surface area contributed by atoms with E-state index in [1.54, 1.807) is 17.9 Å². The quantitative estimate of drug-likeness (QED) is 0.372. The first-order valence-electron chi connectivity index (χ1n) is 8.09. The minimum absolute atomic E-state index is 0. The fourth-order valence-corrected chi connectivity index (χ4v) is 2.18. The van der Waals surface area contributed by atoms with Crippen molar-refractivity contribution in [3.8, 4) is 5.88 Å². The molecule has 0 bridgehead atoms. The van der Waals surface area contributed by atoms with Crippen LogP contribution < -0.4 is 15.4 Å². The summed E-state index contributed by atoms with van der Waals surface area (Å²) in [6.45, 7) is 1.97. The van der Waals surface area contributed by atoms with Crippen LogP contribution in [0.4, 0.5) is 0 Å². The highest BCUT2D eigenvalue weighted by atomic mass is 127. The lowest BCUT2D eigenvalue weighted by Crippen LogP contribution is -2.36. The van der Waals surface area contributed by atoms with Gasteiger partial charge in [0.2, 0.25) is 5.88 Å². The maximum Gasteiger partial charge on any atom is 0.213 e. The molecule has 0 atom stereocenters. The van der Waals surface area contributed by atoms with Crippen LogP contribution in [0.15, 0.2) is 29.6 Å². The van der Waals surface area contributed by atoms with E-state index >= 15 is 0 Å². The maximum atomic E-state index is 5.71. The Balaban J connectivity index is 0.00000225. The van der Waals surface area contributed by atoms with E-state index in [-0.39, 0.29) is 24.0 Å². The van der Waals surface area contributed by atoms with Gasteiger partial charge in [-0.25, -0.2) is 9.97 Å². The van der Waals surface area contributed by atoms with Gasteiger partial charge in [0.05, 0.1) is 13.2 Å². The Morgan fingerprint density at radius 3 is 2.80 bits per heavy atom. The smallest absolute Gasteiger partial charge is 0.213 e. The Kier molecular flexibility index (Phi) is 7.41. The average Bonchev–Trinajstić information content (AvgIpc) is 3.35. The largest absolute Gasteiger partial charge is 0.477 e. The van der Waals surface area contributed by atoms with Crippen LogP contribution in [-0.4, -0.2) is 39.4 Å². The lowest BCUT2D eigenvalue weighted by molar-refractivity contribution is 0.288. The molecule has 1 aliphatic carbocycles. The summed E-state index contributed by atoms with van der Waals surface area (Å²) in [6.07, 6.45) is 5.85. The molecule has 9 heteroatoms. The van der Waals surface area contributed by atoms with E-state index in [1.807, 2.05) is 19.2 Å². The summed E-state index contributed by atoms with van der Waals surface area (Å²) in [7, 11) is 3.60. The molecule has 25 heavy (non-hydrogen) atoms. The number of aromatic nitrogens is 4. The monoisotopic (exact) mass is 457 g/mol. The molecule has 0 spiro atoms. The first kappa shape index (κ1) is 19.4. The lowest BCUT2D eigenvalue weighted by Gasteiger charge is -2.12. The molecule has 0 aliphatic heterocycles. The van der Waals surface area contributed by atoms with Gasteiger partial charge < -0.3 is 15.4 Å². The molecule has 2 N–H and O–H groups in total. The van der Waals surface area contributed by atoms with E-state index in [9.17, 15) is 0 Å². The highest BCUT2D eigenvalue weighted by molar-refractivity contribution is 14.0. The molecule has 2 aromatic rings. The molecule has 2 aromatic heterocycles. The van der Waals surface area contributed by atoms with Crippen molar-refractivity contribution in [2.45, 2.75) is 25.9 Å². The van der Waals surface area contributed by atoms with Gasteiger partial charge in [0.1, 0.15) is 12.2 Å². The molecule has 3 rings (SSSR count). The normalized spacial score (nSPS) is 13.9. The third-order valence-electron chi connectivity index (χ3n) is 3.87. The fourth-order valence-electron chi connectivity index (χ4n) is 2.18. The number of nitrogens with one attached hydrogen (secondary N) is 2. The average molecular weight is 457 g/mol. The number of rotatable bonds is 7. The Bertz CT molecular complexity index is 699. The summed E-state index contributed by atoms with van der Waals surface area (Å²) in [5.41, 5.74) is 1.09. The van der Waals surface area contributed by atoms with E-state index in [1.165, 1.54) is 19.2 Å². The molecule has 0 radical (unpaired) electrons. The molecule has 0 amide bonds. The number of hydrogen-bond acceptors (Lipinski definition) is 5.